The van der Waals surface area contributed by atoms with Crippen LogP contribution in [-0.4, -0.2) is 22.0 Å². The van der Waals surface area contributed by atoms with E-state index in [1.165, 1.54) is 0 Å². The summed E-state index contributed by atoms with van der Waals surface area (Å²) in [7, 11) is 0. The average molecular weight is 293 g/mol. The maximum atomic E-state index is 11.9. The van der Waals surface area contributed by atoms with Crippen LogP contribution >= 0.6 is 0 Å². The predicted molar refractivity (Wildman–Crippen MR) is 82.8 cm³/mol. The van der Waals surface area contributed by atoms with Crippen LogP contribution in [0.15, 0.2) is 48.7 Å². The molecule has 0 saturated heterocycles. The molecule has 1 aliphatic rings. The second kappa shape index (κ2) is 5.18. The van der Waals surface area contributed by atoms with Gasteiger partial charge in [-0.2, -0.15) is 0 Å². The van der Waals surface area contributed by atoms with Crippen molar-refractivity contribution >= 4 is 16.9 Å². The number of amides is 1. The summed E-state index contributed by atoms with van der Waals surface area (Å²) in [5, 5.41) is 3.77. The third-order valence-electron chi connectivity index (χ3n) is 3.81. The van der Waals surface area contributed by atoms with Crippen molar-refractivity contribution < 1.29 is 9.53 Å². The molecule has 0 bridgehead atoms. The monoisotopic (exact) mass is 293 g/mol. The van der Waals surface area contributed by atoms with E-state index >= 15 is 0 Å². The molecule has 0 atom stereocenters. The molecule has 1 amide bonds. The molecule has 5 nitrogen and oxygen atoms in total. The Labute approximate surface area is 127 Å². The molecule has 2 aromatic heterocycles. The highest BCUT2D eigenvalue weighted by Gasteiger charge is 2.20. The van der Waals surface area contributed by atoms with Crippen molar-refractivity contribution in [1.29, 1.82) is 0 Å². The van der Waals surface area contributed by atoms with Crippen molar-refractivity contribution in [2.45, 2.75) is 13.2 Å². The first kappa shape index (κ1) is 12.9. The van der Waals surface area contributed by atoms with Gasteiger partial charge in [0.2, 0.25) is 0 Å². The fraction of sp³-hybridized carbons (Fsp3) is 0.176. The lowest BCUT2D eigenvalue weighted by molar-refractivity contribution is 0.0929. The molecule has 1 aliphatic heterocycles. The van der Waals surface area contributed by atoms with Crippen molar-refractivity contribution in [3.05, 3.63) is 59.9 Å². The zero-order chi connectivity index (χ0) is 14.9. The molecular weight excluding hydrogens is 278 g/mol. The summed E-state index contributed by atoms with van der Waals surface area (Å²) < 4.78 is 7.74. The maximum Gasteiger partial charge on any atom is 0.268 e. The Balaban J connectivity index is 1.62. The van der Waals surface area contributed by atoms with Crippen LogP contribution in [0.25, 0.3) is 11.0 Å². The molecule has 0 fully saturated rings. The molecule has 4 rings (SSSR count). The molecule has 0 unspecified atom stereocenters. The first-order chi connectivity index (χ1) is 10.8. The minimum atomic E-state index is -0.0454. The van der Waals surface area contributed by atoms with Gasteiger partial charge >= 0.3 is 0 Å². The second-order valence-corrected chi connectivity index (χ2v) is 5.30. The maximum absolute atomic E-state index is 11.9. The normalized spacial score (nSPS) is 13.7. The minimum Gasteiger partial charge on any atom is -0.487 e. The third kappa shape index (κ3) is 2.20. The topological polar surface area (TPSA) is 56.2 Å². The SMILES string of the molecule is O=C1NCCn2c1cc1cc(OCc3ccccc3)cnc12. The Hall–Kier alpha value is -2.82. The molecule has 0 radical (unpaired) electrons. The van der Waals surface area contributed by atoms with Crippen molar-refractivity contribution in [2.75, 3.05) is 6.54 Å². The highest BCUT2D eigenvalue weighted by Crippen LogP contribution is 2.24. The molecule has 0 aliphatic carbocycles. The van der Waals surface area contributed by atoms with Crippen LogP contribution < -0.4 is 10.1 Å². The summed E-state index contributed by atoms with van der Waals surface area (Å²) in [6.07, 6.45) is 1.71. The number of pyridine rings is 1. The lowest BCUT2D eigenvalue weighted by Crippen LogP contribution is -2.34. The van der Waals surface area contributed by atoms with Crippen molar-refractivity contribution in [2.24, 2.45) is 0 Å². The standard InChI is InChI=1S/C17H15N3O2/c21-17-15-9-13-8-14(22-11-12-4-2-1-3-5-12)10-19-16(13)20(15)7-6-18-17/h1-5,8-10H,6-7,11H2,(H,18,21). The summed E-state index contributed by atoms with van der Waals surface area (Å²) in [5.74, 6) is 0.663. The number of hydrogen-bond acceptors (Lipinski definition) is 3. The Kier molecular flexibility index (Phi) is 3.04. The molecule has 3 aromatic rings. The quantitative estimate of drug-likeness (QED) is 0.806. The number of carbonyl (C=O) groups is 1. The molecule has 1 N–H and O–H groups in total. The zero-order valence-corrected chi connectivity index (χ0v) is 12.0. The van der Waals surface area contributed by atoms with Crippen LogP contribution in [0.5, 0.6) is 5.75 Å². The molecule has 22 heavy (non-hydrogen) atoms. The van der Waals surface area contributed by atoms with Gasteiger partial charge in [-0.15, -0.1) is 0 Å². The summed E-state index contributed by atoms with van der Waals surface area (Å²) >= 11 is 0. The van der Waals surface area contributed by atoms with E-state index in [0.29, 0.717) is 24.6 Å². The highest BCUT2D eigenvalue weighted by atomic mass is 16.5. The van der Waals surface area contributed by atoms with E-state index in [1.807, 2.05) is 47.0 Å². The van der Waals surface area contributed by atoms with Crippen molar-refractivity contribution in [3.63, 3.8) is 0 Å². The van der Waals surface area contributed by atoms with Gasteiger partial charge in [0.1, 0.15) is 23.7 Å². The molecule has 5 heteroatoms. The fourth-order valence-corrected chi connectivity index (χ4v) is 2.73. The van der Waals surface area contributed by atoms with Gasteiger partial charge in [0, 0.05) is 18.5 Å². The highest BCUT2D eigenvalue weighted by molar-refractivity contribution is 5.98. The van der Waals surface area contributed by atoms with Crippen LogP contribution in [0.4, 0.5) is 0 Å². The van der Waals surface area contributed by atoms with E-state index in [4.69, 9.17) is 4.74 Å². The number of benzene rings is 1. The number of aromatic nitrogens is 2. The second-order valence-electron chi connectivity index (χ2n) is 5.30. The number of nitrogens with zero attached hydrogens (tertiary/aromatic N) is 2. The third-order valence-corrected chi connectivity index (χ3v) is 3.81. The van der Waals surface area contributed by atoms with Crippen molar-refractivity contribution in [1.82, 2.24) is 14.9 Å². The Morgan fingerprint density at radius 1 is 1.23 bits per heavy atom. The first-order valence-electron chi connectivity index (χ1n) is 7.25. The summed E-state index contributed by atoms with van der Waals surface area (Å²) in [5.41, 5.74) is 2.60. The molecular formula is C17H15N3O2. The summed E-state index contributed by atoms with van der Waals surface area (Å²) in [4.78, 5) is 16.3. The van der Waals surface area contributed by atoms with E-state index in [2.05, 4.69) is 10.3 Å². The fourth-order valence-electron chi connectivity index (χ4n) is 2.73. The van der Waals surface area contributed by atoms with Crippen LogP contribution in [0.1, 0.15) is 16.1 Å². The van der Waals surface area contributed by atoms with E-state index in [0.717, 1.165) is 23.1 Å². The van der Waals surface area contributed by atoms with Gasteiger partial charge < -0.3 is 14.6 Å². The Morgan fingerprint density at radius 2 is 2.09 bits per heavy atom. The molecule has 110 valence electrons. The van der Waals surface area contributed by atoms with E-state index in [9.17, 15) is 4.79 Å². The van der Waals surface area contributed by atoms with Gasteiger partial charge in [0.15, 0.2) is 0 Å². The van der Waals surface area contributed by atoms with Gasteiger partial charge in [-0.1, -0.05) is 30.3 Å². The first-order valence-corrected chi connectivity index (χ1v) is 7.25. The lowest BCUT2D eigenvalue weighted by atomic mass is 10.2. The molecule has 0 spiro atoms. The molecule has 3 heterocycles. The van der Waals surface area contributed by atoms with E-state index in [1.54, 1.807) is 6.20 Å². The number of carbonyl (C=O) groups excluding carboxylic acids is 1. The van der Waals surface area contributed by atoms with Gasteiger partial charge in [-0.25, -0.2) is 4.98 Å². The summed E-state index contributed by atoms with van der Waals surface area (Å²) in [6.45, 7) is 1.90. The van der Waals surface area contributed by atoms with Crippen LogP contribution in [0.2, 0.25) is 0 Å². The Morgan fingerprint density at radius 3 is 2.95 bits per heavy atom. The zero-order valence-electron chi connectivity index (χ0n) is 12.0. The number of rotatable bonds is 3. The van der Waals surface area contributed by atoms with Gasteiger partial charge in [0.05, 0.1) is 6.20 Å². The Bertz CT molecular complexity index is 840. The predicted octanol–water partition coefficient (Wildman–Crippen LogP) is 2.36. The van der Waals surface area contributed by atoms with Gasteiger partial charge in [-0.3, -0.25) is 4.79 Å². The molecule has 1 aromatic carbocycles. The number of hydrogen-bond donors (Lipinski definition) is 1. The van der Waals surface area contributed by atoms with Gasteiger partial charge in [0.25, 0.3) is 5.91 Å². The average Bonchev–Trinajstić information content (AvgIpc) is 2.93. The number of nitrogens with one attached hydrogen (secondary N) is 1. The van der Waals surface area contributed by atoms with Gasteiger partial charge in [-0.05, 0) is 17.7 Å². The van der Waals surface area contributed by atoms with E-state index in [-0.39, 0.29) is 5.91 Å². The molecule has 0 saturated carbocycles. The smallest absolute Gasteiger partial charge is 0.268 e. The number of fused-ring (bicyclic) bond motifs is 3. The van der Waals surface area contributed by atoms with Crippen LogP contribution in [0, 0.1) is 0 Å². The van der Waals surface area contributed by atoms with E-state index < -0.39 is 0 Å². The number of ether oxygens (including phenoxy) is 1. The summed E-state index contributed by atoms with van der Waals surface area (Å²) in [6, 6.07) is 13.8. The minimum absolute atomic E-state index is 0.0454. The van der Waals surface area contributed by atoms with Crippen LogP contribution in [0.3, 0.4) is 0 Å². The lowest BCUT2D eigenvalue weighted by Gasteiger charge is -2.15. The van der Waals surface area contributed by atoms with Crippen LogP contribution in [-0.2, 0) is 13.2 Å². The largest absolute Gasteiger partial charge is 0.487 e. The van der Waals surface area contributed by atoms with Crippen molar-refractivity contribution in [3.8, 4) is 5.75 Å².